The summed E-state index contributed by atoms with van der Waals surface area (Å²) >= 11 is 0. The number of ether oxygens (including phenoxy) is 3. The van der Waals surface area contributed by atoms with Gasteiger partial charge in [0.1, 0.15) is 23.8 Å². The van der Waals surface area contributed by atoms with Crippen LogP contribution in [0.4, 0.5) is 4.39 Å². The van der Waals surface area contributed by atoms with Crippen LogP contribution in [0.15, 0.2) is 82.0 Å². The molecule has 3 atom stereocenters. The lowest BCUT2D eigenvalue weighted by atomic mass is 9.84. The summed E-state index contributed by atoms with van der Waals surface area (Å²) in [6.07, 6.45) is -0.126. The monoisotopic (exact) mass is 474 g/mol. The molecule has 35 heavy (non-hydrogen) atoms. The minimum absolute atomic E-state index is 0.133. The molecule has 7 heteroatoms. The van der Waals surface area contributed by atoms with Gasteiger partial charge in [0, 0.05) is 30.4 Å². The normalized spacial score (nSPS) is 23.5. The van der Waals surface area contributed by atoms with E-state index in [1.54, 1.807) is 12.1 Å². The third-order valence-corrected chi connectivity index (χ3v) is 6.59. The highest BCUT2D eigenvalue weighted by Crippen LogP contribution is 2.42. The molecule has 4 aromatic rings. The molecule has 2 bridgehead atoms. The van der Waals surface area contributed by atoms with Crippen LogP contribution in [0.2, 0.25) is 0 Å². The Kier molecular flexibility index (Phi) is 5.40. The summed E-state index contributed by atoms with van der Waals surface area (Å²) < 4.78 is 36.9. The van der Waals surface area contributed by atoms with Crippen LogP contribution in [-0.4, -0.2) is 24.1 Å². The van der Waals surface area contributed by atoms with E-state index >= 15 is 0 Å². The molecule has 0 spiro atoms. The van der Waals surface area contributed by atoms with Gasteiger partial charge in [-0.15, -0.1) is 0 Å². The van der Waals surface area contributed by atoms with Crippen molar-refractivity contribution >= 4 is 11.0 Å². The minimum Gasteiger partial charge on any atom is -0.489 e. The molecule has 2 fully saturated rings. The van der Waals surface area contributed by atoms with Gasteiger partial charge >= 0.3 is 5.63 Å². The van der Waals surface area contributed by atoms with Gasteiger partial charge in [-0.25, -0.2) is 9.18 Å². The van der Waals surface area contributed by atoms with Crippen LogP contribution in [-0.2, 0) is 21.7 Å². The van der Waals surface area contributed by atoms with Crippen LogP contribution >= 0.6 is 0 Å². The second-order valence-corrected chi connectivity index (χ2v) is 9.10. The largest absolute Gasteiger partial charge is 0.489 e. The predicted octanol–water partition coefficient (Wildman–Crippen LogP) is 4.90. The van der Waals surface area contributed by atoms with Crippen molar-refractivity contribution in [3.8, 4) is 16.9 Å². The maximum absolute atomic E-state index is 14.4. The molecule has 0 unspecified atom stereocenters. The average Bonchev–Trinajstić information content (AvgIpc) is 3.20. The molecule has 2 aliphatic heterocycles. The van der Waals surface area contributed by atoms with E-state index in [4.69, 9.17) is 18.6 Å². The summed E-state index contributed by atoms with van der Waals surface area (Å²) in [5.41, 5.74) is 1.68. The van der Waals surface area contributed by atoms with Gasteiger partial charge < -0.3 is 23.7 Å². The van der Waals surface area contributed by atoms with Crippen molar-refractivity contribution in [2.24, 2.45) is 0 Å². The molecule has 1 aromatic heterocycles. The first kappa shape index (κ1) is 22.0. The molecule has 3 aromatic carbocycles. The van der Waals surface area contributed by atoms with Gasteiger partial charge in [-0.2, -0.15) is 0 Å². The van der Waals surface area contributed by atoms with E-state index in [9.17, 15) is 14.3 Å². The lowest BCUT2D eigenvalue weighted by Crippen LogP contribution is -2.39. The highest BCUT2D eigenvalue weighted by Gasteiger charge is 2.46. The van der Waals surface area contributed by atoms with E-state index in [2.05, 4.69) is 0 Å². The van der Waals surface area contributed by atoms with E-state index in [-0.39, 0.29) is 19.1 Å². The Morgan fingerprint density at radius 3 is 2.71 bits per heavy atom. The molecule has 1 N–H and O–H groups in total. The molecule has 0 saturated carbocycles. The van der Waals surface area contributed by atoms with Crippen LogP contribution in [0.5, 0.6) is 5.75 Å². The first-order valence-corrected chi connectivity index (χ1v) is 11.5. The summed E-state index contributed by atoms with van der Waals surface area (Å²) in [6, 6.07) is 20.9. The zero-order valence-corrected chi connectivity index (χ0v) is 18.8. The zero-order chi connectivity index (χ0) is 24.0. The molecular weight excluding hydrogens is 451 g/mol. The van der Waals surface area contributed by atoms with Gasteiger partial charge in [-0.1, -0.05) is 42.5 Å². The number of fused-ring (bicyclic) bond motifs is 3. The van der Waals surface area contributed by atoms with Crippen molar-refractivity contribution in [3.05, 3.63) is 100 Å². The van der Waals surface area contributed by atoms with Crippen molar-refractivity contribution in [1.29, 1.82) is 0 Å². The number of halogens is 1. The number of hydrogen-bond acceptors (Lipinski definition) is 6. The standard InChI is InChI=1S/C28H23FO6/c29-20-9-19(28(31)13-22-16-33-27(14-28)34-22)10-21(11-20)32-15-17-6-7-23-24(18-4-2-1-3-5-18)12-26(30)35-25(23)8-17/h1-12,22,27,31H,13-16H2/t22-,27+,28-/m0/s1. The number of hydrogen-bond donors (Lipinski definition) is 1. The van der Waals surface area contributed by atoms with Crippen LogP contribution in [0.25, 0.3) is 22.1 Å². The maximum Gasteiger partial charge on any atom is 0.336 e. The molecule has 0 radical (unpaired) electrons. The molecule has 6 nitrogen and oxygen atoms in total. The molecule has 2 saturated heterocycles. The summed E-state index contributed by atoms with van der Waals surface area (Å²) in [7, 11) is 0. The number of rotatable bonds is 5. The van der Waals surface area contributed by atoms with Crippen LogP contribution in [0, 0.1) is 5.82 Å². The number of benzene rings is 3. The topological polar surface area (TPSA) is 78.1 Å². The van der Waals surface area contributed by atoms with Gasteiger partial charge in [0.15, 0.2) is 6.29 Å². The highest BCUT2D eigenvalue weighted by atomic mass is 19.1. The third-order valence-electron chi connectivity index (χ3n) is 6.59. The fourth-order valence-corrected chi connectivity index (χ4v) is 4.93. The summed E-state index contributed by atoms with van der Waals surface area (Å²) in [5, 5.41) is 12.0. The second-order valence-electron chi connectivity index (χ2n) is 9.10. The second kappa shape index (κ2) is 8.61. The van der Waals surface area contributed by atoms with Gasteiger partial charge in [0.2, 0.25) is 0 Å². The van der Waals surface area contributed by atoms with Crippen LogP contribution in [0.1, 0.15) is 24.0 Å². The maximum atomic E-state index is 14.4. The van der Waals surface area contributed by atoms with E-state index in [0.717, 1.165) is 22.1 Å². The Balaban J connectivity index is 1.26. The van der Waals surface area contributed by atoms with E-state index in [0.29, 0.717) is 29.9 Å². The Labute approximate surface area is 200 Å². The fourth-order valence-electron chi connectivity index (χ4n) is 4.93. The zero-order valence-electron chi connectivity index (χ0n) is 18.8. The van der Waals surface area contributed by atoms with E-state index in [1.165, 1.54) is 18.2 Å². The first-order valence-electron chi connectivity index (χ1n) is 11.5. The Morgan fingerprint density at radius 1 is 1.03 bits per heavy atom. The summed E-state index contributed by atoms with van der Waals surface area (Å²) in [5.74, 6) is -0.199. The average molecular weight is 474 g/mol. The van der Waals surface area contributed by atoms with Crippen molar-refractivity contribution in [2.45, 2.75) is 37.4 Å². The summed E-state index contributed by atoms with van der Waals surface area (Å²) in [4.78, 5) is 12.2. The van der Waals surface area contributed by atoms with E-state index in [1.807, 2.05) is 42.5 Å². The lowest BCUT2D eigenvalue weighted by molar-refractivity contribution is -0.159. The first-order chi connectivity index (χ1) is 16.9. The SMILES string of the molecule is O=c1cc(-c2ccccc2)c2ccc(COc3cc(F)cc([C@]4(O)C[C@H]5CO[C@@H](C4)O5)c3)cc2o1. The molecule has 2 aliphatic rings. The summed E-state index contributed by atoms with van der Waals surface area (Å²) in [6.45, 7) is 0.559. The fraction of sp³-hybridized carbons (Fsp3) is 0.250. The Hall–Kier alpha value is -3.52. The molecule has 0 amide bonds. The highest BCUT2D eigenvalue weighted by molar-refractivity contribution is 5.93. The molecule has 3 heterocycles. The minimum atomic E-state index is -1.25. The smallest absolute Gasteiger partial charge is 0.336 e. The van der Waals surface area contributed by atoms with Gasteiger partial charge in [-0.05, 0) is 40.5 Å². The van der Waals surface area contributed by atoms with Gasteiger partial charge in [-0.3, -0.25) is 0 Å². The van der Waals surface area contributed by atoms with Crippen molar-refractivity contribution in [2.75, 3.05) is 6.61 Å². The van der Waals surface area contributed by atoms with Gasteiger partial charge in [0.25, 0.3) is 0 Å². The predicted molar refractivity (Wildman–Crippen MR) is 126 cm³/mol. The molecule has 6 rings (SSSR count). The van der Waals surface area contributed by atoms with Crippen LogP contribution < -0.4 is 10.4 Å². The van der Waals surface area contributed by atoms with Crippen molar-refractivity contribution in [3.63, 3.8) is 0 Å². The lowest BCUT2D eigenvalue weighted by Gasteiger charge is -2.35. The molecular formula is C28H23FO6. The van der Waals surface area contributed by atoms with E-state index < -0.39 is 23.3 Å². The quantitative estimate of drug-likeness (QED) is 0.415. The van der Waals surface area contributed by atoms with Crippen LogP contribution in [0.3, 0.4) is 0 Å². The third kappa shape index (κ3) is 4.34. The Bertz CT molecular complexity index is 1440. The molecule has 178 valence electrons. The van der Waals surface area contributed by atoms with Crippen molar-refractivity contribution < 1.29 is 28.1 Å². The Morgan fingerprint density at radius 2 is 1.89 bits per heavy atom. The van der Waals surface area contributed by atoms with Gasteiger partial charge in [0.05, 0.1) is 18.3 Å². The number of aliphatic hydroxyl groups is 1. The molecule has 0 aliphatic carbocycles. The van der Waals surface area contributed by atoms with Crippen molar-refractivity contribution in [1.82, 2.24) is 0 Å².